The zero-order valence-corrected chi connectivity index (χ0v) is 11.4. The van der Waals surface area contributed by atoms with Crippen molar-refractivity contribution in [3.05, 3.63) is 16.1 Å². The van der Waals surface area contributed by atoms with E-state index < -0.39 is 0 Å². The van der Waals surface area contributed by atoms with Crippen LogP contribution in [0.25, 0.3) is 0 Å². The molecule has 6 heteroatoms. The van der Waals surface area contributed by atoms with Gasteiger partial charge < -0.3 is 9.80 Å². The van der Waals surface area contributed by atoms with E-state index in [-0.39, 0.29) is 6.03 Å². The van der Waals surface area contributed by atoms with Gasteiger partial charge in [-0.05, 0) is 6.42 Å². The van der Waals surface area contributed by atoms with Crippen LogP contribution in [0.2, 0.25) is 0 Å². The molecular weight excluding hydrogens is 258 g/mol. The summed E-state index contributed by atoms with van der Waals surface area (Å²) in [6, 6.07) is 0.144. The number of carbonyl (C=O) groups is 1. The molecule has 2 heterocycles. The third-order valence-corrected chi connectivity index (χ3v) is 4.09. The lowest BCUT2D eigenvalue weighted by Gasteiger charge is -2.15. The third-order valence-electron chi connectivity index (χ3n) is 2.86. The normalized spacial score (nSPS) is 16.0. The van der Waals surface area contributed by atoms with Crippen LogP contribution in [0.3, 0.4) is 0 Å². The molecule has 1 aromatic rings. The topological polar surface area (TPSA) is 36.4 Å². The fourth-order valence-electron chi connectivity index (χ4n) is 1.86. The Morgan fingerprint density at radius 2 is 2.35 bits per heavy atom. The highest BCUT2D eigenvalue weighted by molar-refractivity contribution is 7.09. The van der Waals surface area contributed by atoms with Crippen LogP contribution in [-0.4, -0.2) is 47.5 Å². The van der Waals surface area contributed by atoms with E-state index in [1.54, 1.807) is 16.2 Å². The molecule has 0 unspecified atom stereocenters. The molecule has 1 fully saturated rings. The number of aryl methyl sites for hydroxylation is 1. The number of thiazole rings is 1. The second-order valence-electron chi connectivity index (χ2n) is 4.16. The van der Waals surface area contributed by atoms with Crippen molar-refractivity contribution in [1.29, 1.82) is 0 Å². The minimum atomic E-state index is 0.144. The van der Waals surface area contributed by atoms with E-state index in [0.29, 0.717) is 5.88 Å². The van der Waals surface area contributed by atoms with Crippen molar-refractivity contribution in [2.45, 2.75) is 18.7 Å². The van der Waals surface area contributed by atoms with E-state index in [9.17, 15) is 4.79 Å². The summed E-state index contributed by atoms with van der Waals surface area (Å²) in [6.45, 7) is 2.51. The fraction of sp³-hybridized carbons (Fsp3) is 0.636. The van der Waals surface area contributed by atoms with Crippen molar-refractivity contribution in [2.75, 3.05) is 26.7 Å². The van der Waals surface area contributed by atoms with Crippen LogP contribution in [0.15, 0.2) is 5.38 Å². The molecule has 0 bridgehead atoms. The van der Waals surface area contributed by atoms with Crippen molar-refractivity contribution in [2.24, 2.45) is 0 Å². The van der Waals surface area contributed by atoms with Crippen LogP contribution < -0.4 is 0 Å². The summed E-state index contributed by atoms with van der Waals surface area (Å²) >= 11 is 7.35. The predicted molar refractivity (Wildman–Crippen MR) is 69.6 cm³/mol. The smallest absolute Gasteiger partial charge is 0.319 e. The average Bonchev–Trinajstić information content (AvgIpc) is 2.90. The molecule has 1 aliphatic rings. The quantitative estimate of drug-likeness (QED) is 0.771. The number of urea groups is 1. The van der Waals surface area contributed by atoms with Gasteiger partial charge in [0.1, 0.15) is 0 Å². The van der Waals surface area contributed by atoms with Crippen molar-refractivity contribution in [3.8, 4) is 0 Å². The molecule has 0 atom stereocenters. The van der Waals surface area contributed by atoms with Crippen LogP contribution in [-0.2, 0) is 12.3 Å². The highest BCUT2D eigenvalue weighted by Gasteiger charge is 2.24. The first-order valence-corrected chi connectivity index (χ1v) is 7.11. The van der Waals surface area contributed by atoms with E-state index in [0.717, 1.165) is 43.2 Å². The number of amides is 2. The van der Waals surface area contributed by atoms with Gasteiger partial charge in [0.2, 0.25) is 0 Å². The average molecular weight is 274 g/mol. The highest BCUT2D eigenvalue weighted by atomic mass is 35.5. The maximum Gasteiger partial charge on any atom is 0.319 e. The fourth-order valence-corrected chi connectivity index (χ4v) is 2.93. The molecule has 4 nitrogen and oxygen atoms in total. The molecule has 0 saturated carbocycles. The lowest BCUT2D eigenvalue weighted by Crippen LogP contribution is -2.30. The zero-order chi connectivity index (χ0) is 12.3. The summed E-state index contributed by atoms with van der Waals surface area (Å²) in [7, 11) is 1.84. The molecular formula is C11H16ClN3OS. The van der Waals surface area contributed by atoms with E-state index in [4.69, 9.17) is 11.6 Å². The van der Waals surface area contributed by atoms with Crippen LogP contribution in [0.1, 0.15) is 17.1 Å². The number of rotatable bonds is 5. The maximum atomic E-state index is 11.6. The molecule has 1 aliphatic heterocycles. The van der Waals surface area contributed by atoms with Crippen molar-refractivity contribution < 1.29 is 4.79 Å². The minimum absolute atomic E-state index is 0.144. The molecule has 2 rings (SSSR count). The third kappa shape index (κ3) is 3.10. The standard InChI is InChI=1S/C11H16ClN3OS/c1-14-5-6-15(11(14)16)4-2-3-10-13-9(7-12)8-17-10/h8H,2-7H2,1H3. The number of hydrogen-bond acceptors (Lipinski definition) is 3. The maximum absolute atomic E-state index is 11.6. The summed E-state index contributed by atoms with van der Waals surface area (Å²) in [5.74, 6) is 0.478. The second kappa shape index (κ2) is 5.69. The Bertz CT molecular complexity index is 396. The van der Waals surface area contributed by atoms with Crippen molar-refractivity contribution >= 4 is 29.0 Å². The number of halogens is 1. The Hall–Kier alpha value is -0.810. The van der Waals surface area contributed by atoms with Gasteiger partial charge in [-0.25, -0.2) is 9.78 Å². The Balaban J connectivity index is 1.74. The Labute approximate surface area is 110 Å². The van der Waals surface area contributed by atoms with Crippen molar-refractivity contribution in [1.82, 2.24) is 14.8 Å². The lowest BCUT2D eigenvalue weighted by atomic mass is 10.3. The summed E-state index contributed by atoms with van der Waals surface area (Å²) in [5, 5.41) is 3.11. The molecule has 0 spiro atoms. The summed E-state index contributed by atoms with van der Waals surface area (Å²) in [5.41, 5.74) is 0.948. The zero-order valence-electron chi connectivity index (χ0n) is 9.86. The van der Waals surface area contributed by atoms with E-state index >= 15 is 0 Å². The number of aromatic nitrogens is 1. The largest absolute Gasteiger partial charge is 0.326 e. The minimum Gasteiger partial charge on any atom is -0.326 e. The monoisotopic (exact) mass is 273 g/mol. The van der Waals surface area contributed by atoms with E-state index in [1.807, 2.05) is 17.3 Å². The number of hydrogen-bond donors (Lipinski definition) is 0. The van der Waals surface area contributed by atoms with E-state index in [2.05, 4.69) is 4.98 Å². The van der Waals surface area contributed by atoms with Gasteiger partial charge in [0.15, 0.2) is 0 Å². The number of nitrogens with zero attached hydrogens (tertiary/aromatic N) is 3. The summed E-state index contributed by atoms with van der Waals surface area (Å²) in [4.78, 5) is 19.7. The molecule has 1 aromatic heterocycles. The first-order valence-electron chi connectivity index (χ1n) is 5.70. The molecule has 17 heavy (non-hydrogen) atoms. The van der Waals surface area contributed by atoms with E-state index in [1.165, 1.54) is 0 Å². The molecule has 0 aliphatic carbocycles. The first-order chi connectivity index (χ1) is 8.20. The van der Waals surface area contributed by atoms with Gasteiger partial charge in [-0.15, -0.1) is 22.9 Å². The SMILES string of the molecule is CN1CCN(CCCc2nc(CCl)cs2)C1=O. The Kier molecular flexibility index (Phi) is 4.23. The highest BCUT2D eigenvalue weighted by Crippen LogP contribution is 2.14. The van der Waals surface area contributed by atoms with Crippen LogP contribution in [0.4, 0.5) is 4.79 Å². The Morgan fingerprint density at radius 1 is 1.53 bits per heavy atom. The number of likely N-dealkylation sites (N-methyl/N-ethyl adjacent to an activating group) is 1. The van der Waals surface area contributed by atoms with Gasteiger partial charge in [-0.2, -0.15) is 0 Å². The molecule has 1 saturated heterocycles. The van der Waals surface area contributed by atoms with Gasteiger partial charge in [-0.1, -0.05) is 0 Å². The second-order valence-corrected chi connectivity index (χ2v) is 5.37. The molecule has 0 N–H and O–H groups in total. The van der Waals surface area contributed by atoms with Crippen LogP contribution >= 0.6 is 22.9 Å². The van der Waals surface area contributed by atoms with Gasteiger partial charge in [0.05, 0.1) is 16.6 Å². The lowest BCUT2D eigenvalue weighted by molar-refractivity contribution is 0.198. The summed E-state index contributed by atoms with van der Waals surface area (Å²) < 4.78 is 0. The van der Waals surface area contributed by atoms with Gasteiger partial charge in [-0.3, -0.25) is 0 Å². The van der Waals surface area contributed by atoms with Gasteiger partial charge in [0, 0.05) is 38.5 Å². The number of carbonyl (C=O) groups excluding carboxylic acids is 1. The van der Waals surface area contributed by atoms with Gasteiger partial charge in [0.25, 0.3) is 0 Å². The van der Waals surface area contributed by atoms with Crippen LogP contribution in [0.5, 0.6) is 0 Å². The van der Waals surface area contributed by atoms with Crippen molar-refractivity contribution in [3.63, 3.8) is 0 Å². The first kappa shape index (κ1) is 12.6. The molecule has 94 valence electrons. The predicted octanol–water partition coefficient (Wildman–Crippen LogP) is 2.18. The molecule has 2 amide bonds. The summed E-state index contributed by atoms with van der Waals surface area (Å²) in [6.07, 6.45) is 1.89. The van der Waals surface area contributed by atoms with Gasteiger partial charge >= 0.3 is 6.03 Å². The molecule has 0 aromatic carbocycles. The molecule has 0 radical (unpaired) electrons. The van der Waals surface area contributed by atoms with Crippen LogP contribution in [0, 0.1) is 0 Å². The Morgan fingerprint density at radius 3 is 2.94 bits per heavy atom. The number of alkyl halides is 1.